The summed E-state index contributed by atoms with van der Waals surface area (Å²) in [5.41, 5.74) is -0.526. The van der Waals surface area contributed by atoms with Gasteiger partial charge in [-0.25, -0.2) is 4.79 Å². The molecule has 0 fully saturated rings. The Kier molecular flexibility index (Phi) is 5.38. The molecule has 0 saturated carbocycles. The molecule has 2 N–H and O–H groups in total. The van der Waals surface area contributed by atoms with Gasteiger partial charge in [0.05, 0.1) is 18.1 Å². The van der Waals surface area contributed by atoms with Gasteiger partial charge >= 0.3 is 12.2 Å². The van der Waals surface area contributed by atoms with E-state index < -0.39 is 17.8 Å². The molecule has 1 aromatic carbocycles. The third kappa shape index (κ3) is 4.80. The molecule has 0 aliphatic carbocycles. The normalized spacial score (nSPS) is 12.3. The van der Waals surface area contributed by atoms with E-state index in [4.69, 9.17) is 5.26 Å². The van der Waals surface area contributed by atoms with Crippen molar-refractivity contribution < 1.29 is 18.0 Å². The molecule has 0 heterocycles. The van der Waals surface area contributed by atoms with Gasteiger partial charge in [0.25, 0.3) is 0 Å². The van der Waals surface area contributed by atoms with Crippen molar-refractivity contribution >= 4 is 11.7 Å². The molecule has 1 unspecified atom stereocenters. The van der Waals surface area contributed by atoms with Crippen LogP contribution in [0.2, 0.25) is 0 Å². The van der Waals surface area contributed by atoms with Gasteiger partial charge in [0, 0.05) is 11.7 Å². The monoisotopic (exact) mass is 285 g/mol. The summed E-state index contributed by atoms with van der Waals surface area (Å²) in [4.78, 5) is 11.6. The van der Waals surface area contributed by atoms with Crippen LogP contribution in [0, 0.1) is 11.3 Å². The van der Waals surface area contributed by atoms with Gasteiger partial charge in [0.2, 0.25) is 0 Å². The molecule has 20 heavy (non-hydrogen) atoms. The Morgan fingerprint density at radius 2 is 1.95 bits per heavy atom. The van der Waals surface area contributed by atoms with Crippen molar-refractivity contribution in [3.63, 3.8) is 0 Å². The zero-order valence-electron chi connectivity index (χ0n) is 10.8. The molecule has 0 saturated heterocycles. The van der Waals surface area contributed by atoms with E-state index in [0.717, 1.165) is 12.1 Å². The number of anilines is 1. The van der Waals surface area contributed by atoms with Crippen molar-refractivity contribution in [1.29, 1.82) is 5.26 Å². The highest BCUT2D eigenvalue weighted by atomic mass is 19.4. The lowest BCUT2D eigenvalue weighted by Crippen LogP contribution is -2.37. The first-order chi connectivity index (χ1) is 9.36. The van der Waals surface area contributed by atoms with Crippen LogP contribution < -0.4 is 10.6 Å². The van der Waals surface area contributed by atoms with E-state index in [0.29, 0.717) is 6.42 Å². The first-order valence-electron chi connectivity index (χ1n) is 5.98. The summed E-state index contributed by atoms with van der Waals surface area (Å²) in [6, 6.07) is 5.24. The predicted octanol–water partition coefficient (Wildman–Crippen LogP) is 3.52. The molecule has 0 aromatic heterocycles. The van der Waals surface area contributed by atoms with Gasteiger partial charge in [0.1, 0.15) is 0 Å². The van der Waals surface area contributed by atoms with E-state index in [1.165, 1.54) is 12.1 Å². The minimum Gasteiger partial charge on any atom is -0.334 e. The minimum absolute atomic E-state index is 0.178. The largest absolute Gasteiger partial charge is 0.416 e. The third-order valence-electron chi connectivity index (χ3n) is 2.64. The molecule has 1 aromatic rings. The minimum atomic E-state index is -4.40. The van der Waals surface area contributed by atoms with Gasteiger partial charge in [-0.2, -0.15) is 18.4 Å². The van der Waals surface area contributed by atoms with E-state index in [9.17, 15) is 18.0 Å². The average Bonchev–Trinajstić information content (AvgIpc) is 2.37. The van der Waals surface area contributed by atoms with E-state index in [-0.39, 0.29) is 18.2 Å². The molecule has 0 bridgehead atoms. The Bertz CT molecular complexity index is 491. The molecule has 0 spiro atoms. The third-order valence-corrected chi connectivity index (χ3v) is 2.64. The van der Waals surface area contributed by atoms with Gasteiger partial charge in [-0.05, 0) is 30.7 Å². The van der Waals surface area contributed by atoms with E-state index in [1.54, 1.807) is 0 Å². The van der Waals surface area contributed by atoms with Gasteiger partial charge in [-0.1, -0.05) is 6.92 Å². The second kappa shape index (κ2) is 6.80. The first-order valence-corrected chi connectivity index (χ1v) is 5.98. The zero-order chi connectivity index (χ0) is 15.2. The molecular formula is C13H14F3N3O. The van der Waals surface area contributed by atoms with Crippen LogP contribution in [-0.4, -0.2) is 12.1 Å². The number of hydrogen-bond donors (Lipinski definition) is 2. The Morgan fingerprint density at radius 1 is 1.35 bits per heavy atom. The zero-order valence-corrected chi connectivity index (χ0v) is 10.8. The molecular weight excluding hydrogens is 271 g/mol. The fraction of sp³-hybridized carbons (Fsp3) is 0.385. The van der Waals surface area contributed by atoms with Crippen molar-refractivity contribution in [2.24, 2.45) is 0 Å². The molecule has 0 aliphatic rings. The molecule has 2 amide bonds. The van der Waals surface area contributed by atoms with Gasteiger partial charge in [0.15, 0.2) is 0 Å². The fourth-order valence-corrected chi connectivity index (χ4v) is 1.50. The number of urea groups is 1. The number of carbonyl (C=O) groups is 1. The van der Waals surface area contributed by atoms with Crippen molar-refractivity contribution in [2.75, 3.05) is 5.32 Å². The number of amides is 2. The lowest BCUT2D eigenvalue weighted by molar-refractivity contribution is -0.137. The maximum Gasteiger partial charge on any atom is 0.416 e. The maximum absolute atomic E-state index is 12.4. The second-order valence-electron chi connectivity index (χ2n) is 4.14. The highest BCUT2D eigenvalue weighted by Crippen LogP contribution is 2.29. The summed E-state index contributed by atoms with van der Waals surface area (Å²) in [6.07, 6.45) is -3.63. The smallest absolute Gasteiger partial charge is 0.334 e. The summed E-state index contributed by atoms with van der Waals surface area (Å²) >= 11 is 0. The van der Waals surface area contributed by atoms with Crippen LogP contribution in [0.4, 0.5) is 23.7 Å². The van der Waals surface area contributed by atoms with Crippen LogP contribution in [0.15, 0.2) is 24.3 Å². The number of halogens is 3. The number of nitriles is 1. The first kappa shape index (κ1) is 15.8. The van der Waals surface area contributed by atoms with Crippen LogP contribution in [0.25, 0.3) is 0 Å². The SMILES string of the molecule is CCC(CC#N)NC(=O)Nc1ccc(C(F)(F)F)cc1. The fourth-order valence-electron chi connectivity index (χ4n) is 1.50. The summed E-state index contributed by atoms with van der Waals surface area (Å²) in [7, 11) is 0. The maximum atomic E-state index is 12.4. The highest BCUT2D eigenvalue weighted by Gasteiger charge is 2.29. The lowest BCUT2D eigenvalue weighted by atomic mass is 10.2. The van der Waals surface area contributed by atoms with Gasteiger partial charge in [-0.3, -0.25) is 0 Å². The number of alkyl halides is 3. The van der Waals surface area contributed by atoms with Crippen molar-refractivity contribution in [3.05, 3.63) is 29.8 Å². The highest BCUT2D eigenvalue weighted by molar-refractivity contribution is 5.89. The Balaban J connectivity index is 2.61. The van der Waals surface area contributed by atoms with E-state index in [1.807, 2.05) is 13.0 Å². The molecule has 4 nitrogen and oxygen atoms in total. The molecule has 0 aliphatic heterocycles. The number of nitrogens with one attached hydrogen (secondary N) is 2. The number of rotatable bonds is 4. The summed E-state index contributed by atoms with van der Waals surface area (Å²) < 4.78 is 37.1. The predicted molar refractivity (Wildman–Crippen MR) is 67.9 cm³/mol. The number of hydrogen-bond acceptors (Lipinski definition) is 2. The second-order valence-corrected chi connectivity index (χ2v) is 4.14. The van der Waals surface area contributed by atoms with Gasteiger partial charge < -0.3 is 10.6 Å². The molecule has 0 radical (unpaired) electrons. The summed E-state index contributed by atoms with van der Waals surface area (Å²) in [6.45, 7) is 1.82. The van der Waals surface area contributed by atoms with Gasteiger partial charge in [-0.15, -0.1) is 0 Å². The van der Waals surface area contributed by atoms with Crippen LogP contribution in [0.1, 0.15) is 25.3 Å². The van der Waals surface area contributed by atoms with Crippen LogP contribution >= 0.6 is 0 Å². The number of benzene rings is 1. The average molecular weight is 285 g/mol. The van der Waals surface area contributed by atoms with E-state index in [2.05, 4.69) is 10.6 Å². The van der Waals surface area contributed by atoms with Crippen LogP contribution in [0.5, 0.6) is 0 Å². The van der Waals surface area contributed by atoms with Crippen LogP contribution in [0.3, 0.4) is 0 Å². The Hall–Kier alpha value is -2.23. The Morgan fingerprint density at radius 3 is 2.40 bits per heavy atom. The number of nitrogens with zero attached hydrogens (tertiary/aromatic N) is 1. The Labute approximate surface area is 114 Å². The van der Waals surface area contributed by atoms with Crippen molar-refractivity contribution in [2.45, 2.75) is 32.0 Å². The molecule has 1 atom stereocenters. The summed E-state index contributed by atoms with van der Waals surface area (Å²) in [5.74, 6) is 0. The number of carbonyl (C=O) groups excluding carboxylic acids is 1. The van der Waals surface area contributed by atoms with Crippen molar-refractivity contribution in [1.82, 2.24) is 5.32 Å². The molecule has 1 rings (SSSR count). The molecule has 7 heteroatoms. The van der Waals surface area contributed by atoms with E-state index >= 15 is 0 Å². The standard InChI is InChI=1S/C13H14F3N3O/c1-2-10(7-8-17)18-12(20)19-11-5-3-9(4-6-11)13(14,15)16/h3-6,10H,2,7H2,1H3,(H2,18,19,20). The molecule has 108 valence electrons. The lowest BCUT2D eigenvalue weighted by Gasteiger charge is -2.14. The quantitative estimate of drug-likeness (QED) is 0.889. The van der Waals surface area contributed by atoms with Crippen LogP contribution in [-0.2, 0) is 6.18 Å². The summed E-state index contributed by atoms with van der Waals surface area (Å²) in [5, 5.41) is 13.5. The van der Waals surface area contributed by atoms with Crippen molar-refractivity contribution in [3.8, 4) is 6.07 Å². The topological polar surface area (TPSA) is 64.9 Å².